The first-order valence-corrected chi connectivity index (χ1v) is 11.3. The molecule has 0 spiro atoms. The zero-order valence-electron chi connectivity index (χ0n) is 16.1. The number of aromatic nitrogens is 2. The van der Waals surface area contributed by atoms with Crippen molar-refractivity contribution < 1.29 is 12.8 Å². The van der Waals surface area contributed by atoms with Gasteiger partial charge in [0.2, 0.25) is 0 Å². The third-order valence-electron chi connectivity index (χ3n) is 5.17. The Morgan fingerprint density at radius 2 is 1.96 bits per heavy atom. The van der Waals surface area contributed by atoms with Crippen LogP contribution in [0.5, 0.6) is 0 Å². The van der Waals surface area contributed by atoms with Gasteiger partial charge < -0.3 is 9.73 Å². The molecule has 0 bridgehead atoms. The maximum atomic E-state index is 11.9. The van der Waals surface area contributed by atoms with Gasteiger partial charge in [0.25, 0.3) is 0 Å². The van der Waals surface area contributed by atoms with Gasteiger partial charge in [-0.05, 0) is 63.2 Å². The molecule has 0 radical (unpaired) electrons. The second kappa shape index (κ2) is 7.52. The summed E-state index contributed by atoms with van der Waals surface area (Å²) in [5.74, 6) is 2.45. The van der Waals surface area contributed by atoms with Crippen LogP contribution in [0.25, 0.3) is 10.9 Å². The van der Waals surface area contributed by atoms with E-state index >= 15 is 0 Å². The van der Waals surface area contributed by atoms with Crippen molar-refractivity contribution in [2.45, 2.75) is 30.7 Å². The SMILES string of the molecule is Cc1ccc(C(CNc2ncnc3ccc(S(C)(=O)=O)cc23)N2CCCC2)o1. The number of furan rings is 1. The zero-order chi connectivity index (χ0) is 19.7. The van der Waals surface area contributed by atoms with Crippen LogP contribution in [0.4, 0.5) is 5.82 Å². The molecular weight excluding hydrogens is 376 g/mol. The number of anilines is 1. The average Bonchev–Trinajstić information content (AvgIpc) is 3.33. The molecule has 1 N–H and O–H groups in total. The Bertz CT molecular complexity index is 1090. The van der Waals surface area contributed by atoms with Crippen LogP contribution in [0, 0.1) is 6.92 Å². The van der Waals surface area contributed by atoms with Gasteiger partial charge in [-0.3, -0.25) is 4.90 Å². The van der Waals surface area contributed by atoms with Crippen LogP contribution in [0.3, 0.4) is 0 Å². The number of sulfone groups is 1. The van der Waals surface area contributed by atoms with Crippen LogP contribution in [-0.2, 0) is 9.84 Å². The quantitative estimate of drug-likeness (QED) is 0.680. The van der Waals surface area contributed by atoms with Gasteiger partial charge >= 0.3 is 0 Å². The molecule has 1 aliphatic rings. The lowest BCUT2D eigenvalue weighted by Crippen LogP contribution is -2.31. The standard InChI is InChI=1S/C20H24N4O3S/c1-14-5-8-19(27-14)18(24-9-3-4-10-24)12-21-20-16-11-15(28(2,25)26)6-7-17(16)22-13-23-20/h5-8,11,13,18H,3-4,9-10,12H2,1-2H3,(H,21,22,23). The summed E-state index contributed by atoms with van der Waals surface area (Å²) in [4.78, 5) is 11.3. The minimum absolute atomic E-state index is 0.0966. The minimum Gasteiger partial charge on any atom is -0.465 e. The Labute approximate surface area is 164 Å². The summed E-state index contributed by atoms with van der Waals surface area (Å²) in [6.07, 6.45) is 5.06. The van der Waals surface area contributed by atoms with Gasteiger partial charge in [0.1, 0.15) is 23.7 Å². The van der Waals surface area contributed by atoms with Crippen LogP contribution in [0.15, 0.2) is 46.0 Å². The number of nitrogens with zero attached hydrogens (tertiary/aromatic N) is 3. The highest BCUT2D eigenvalue weighted by Crippen LogP contribution is 2.28. The molecule has 1 aromatic carbocycles. The van der Waals surface area contributed by atoms with Crippen LogP contribution in [0.2, 0.25) is 0 Å². The molecular formula is C20H24N4O3S. The molecule has 3 aromatic rings. The van der Waals surface area contributed by atoms with Crippen molar-refractivity contribution in [2.75, 3.05) is 31.2 Å². The summed E-state index contributed by atoms with van der Waals surface area (Å²) in [6, 6.07) is 9.03. The third kappa shape index (κ3) is 3.88. The normalized spacial score (nSPS) is 16.5. The maximum Gasteiger partial charge on any atom is 0.175 e. The molecule has 7 nitrogen and oxygen atoms in total. The molecule has 1 saturated heterocycles. The van der Waals surface area contributed by atoms with E-state index in [9.17, 15) is 8.42 Å². The summed E-state index contributed by atoms with van der Waals surface area (Å²) in [6.45, 7) is 4.63. The Morgan fingerprint density at radius 3 is 2.64 bits per heavy atom. The van der Waals surface area contributed by atoms with E-state index in [1.54, 1.807) is 18.2 Å². The van der Waals surface area contributed by atoms with E-state index in [0.717, 1.165) is 24.6 Å². The summed E-state index contributed by atoms with van der Waals surface area (Å²) < 4.78 is 29.8. The predicted molar refractivity (Wildman–Crippen MR) is 108 cm³/mol. The highest BCUT2D eigenvalue weighted by molar-refractivity contribution is 7.90. The number of hydrogen-bond acceptors (Lipinski definition) is 7. The summed E-state index contributed by atoms with van der Waals surface area (Å²) in [5.41, 5.74) is 0.705. The number of benzene rings is 1. The molecule has 3 heterocycles. The Hall–Kier alpha value is -2.45. The molecule has 8 heteroatoms. The van der Waals surface area contributed by atoms with E-state index in [4.69, 9.17) is 4.42 Å². The molecule has 148 valence electrons. The summed E-state index contributed by atoms with van der Waals surface area (Å²) >= 11 is 0. The fourth-order valence-electron chi connectivity index (χ4n) is 3.70. The van der Waals surface area contributed by atoms with Crippen molar-refractivity contribution in [3.8, 4) is 0 Å². The Kier molecular flexibility index (Phi) is 5.07. The van der Waals surface area contributed by atoms with Crippen LogP contribution >= 0.6 is 0 Å². The largest absolute Gasteiger partial charge is 0.465 e. The van der Waals surface area contributed by atoms with E-state index in [2.05, 4.69) is 20.2 Å². The lowest BCUT2D eigenvalue weighted by atomic mass is 10.2. The van der Waals surface area contributed by atoms with Crippen molar-refractivity contribution in [1.29, 1.82) is 0 Å². The van der Waals surface area contributed by atoms with Gasteiger partial charge in [0.05, 0.1) is 16.5 Å². The monoisotopic (exact) mass is 400 g/mol. The third-order valence-corrected chi connectivity index (χ3v) is 6.28. The first kappa shape index (κ1) is 18.9. The minimum atomic E-state index is -3.30. The summed E-state index contributed by atoms with van der Waals surface area (Å²) in [7, 11) is -3.30. The van der Waals surface area contributed by atoms with Crippen LogP contribution < -0.4 is 5.32 Å². The van der Waals surface area contributed by atoms with E-state index in [0.29, 0.717) is 23.3 Å². The highest BCUT2D eigenvalue weighted by Gasteiger charge is 2.26. The second-order valence-corrected chi connectivity index (χ2v) is 9.28. The van der Waals surface area contributed by atoms with Crippen molar-refractivity contribution in [1.82, 2.24) is 14.9 Å². The number of rotatable bonds is 6. The van der Waals surface area contributed by atoms with Crippen molar-refractivity contribution in [3.05, 3.63) is 48.2 Å². The smallest absolute Gasteiger partial charge is 0.175 e. The molecule has 28 heavy (non-hydrogen) atoms. The molecule has 1 atom stereocenters. The van der Waals surface area contributed by atoms with Gasteiger partial charge in [-0.15, -0.1) is 0 Å². The highest BCUT2D eigenvalue weighted by atomic mass is 32.2. The molecule has 1 unspecified atom stereocenters. The topological polar surface area (TPSA) is 88.3 Å². The number of aryl methyl sites for hydroxylation is 1. The van der Waals surface area contributed by atoms with Gasteiger partial charge in [0.15, 0.2) is 9.84 Å². The number of likely N-dealkylation sites (tertiary alicyclic amines) is 1. The average molecular weight is 401 g/mol. The predicted octanol–water partition coefficient (Wildman–Crippen LogP) is 3.18. The number of fused-ring (bicyclic) bond motifs is 1. The number of hydrogen-bond donors (Lipinski definition) is 1. The van der Waals surface area contributed by atoms with Crippen molar-refractivity contribution >= 4 is 26.6 Å². The Balaban J connectivity index is 1.64. The lowest BCUT2D eigenvalue weighted by molar-refractivity contribution is 0.223. The Morgan fingerprint density at radius 1 is 1.18 bits per heavy atom. The fourth-order valence-corrected chi connectivity index (χ4v) is 4.34. The van der Waals surface area contributed by atoms with Gasteiger partial charge in [-0.1, -0.05) is 0 Å². The molecule has 0 amide bonds. The molecule has 0 aliphatic carbocycles. The first-order chi connectivity index (χ1) is 13.4. The van der Waals surface area contributed by atoms with E-state index in [1.807, 2.05) is 19.1 Å². The van der Waals surface area contributed by atoms with Crippen LogP contribution in [-0.4, -0.2) is 49.2 Å². The lowest BCUT2D eigenvalue weighted by Gasteiger charge is -2.26. The molecule has 2 aromatic heterocycles. The van der Waals surface area contributed by atoms with E-state index in [-0.39, 0.29) is 10.9 Å². The van der Waals surface area contributed by atoms with Crippen molar-refractivity contribution in [2.24, 2.45) is 0 Å². The van der Waals surface area contributed by atoms with Crippen molar-refractivity contribution in [3.63, 3.8) is 0 Å². The first-order valence-electron chi connectivity index (χ1n) is 9.41. The van der Waals surface area contributed by atoms with Crippen LogP contribution in [0.1, 0.15) is 30.4 Å². The fraction of sp³-hybridized carbons (Fsp3) is 0.400. The van der Waals surface area contributed by atoms with E-state index in [1.165, 1.54) is 25.4 Å². The van der Waals surface area contributed by atoms with Gasteiger partial charge in [-0.25, -0.2) is 18.4 Å². The zero-order valence-corrected chi connectivity index (χ0v) is 16.9. The molecule has 4 rings (SSSR count). The summed E-state index contributed by atoms with van der Waals surface area (Å²) in [5, 5.41) is 4.10. The molecule has 1 aliphatic heterocycles. The molecule has 1 fully saturated rings. The van der Waals surface area contributed by atoms with Gasteiger partial charge in [0, 0.05) is 18.2 Å². The maximum absolute atomic E-state index is 11.9. The van der Waals surface area contributed by atoms with E-state index < -0.39 is 9.84 Å². The number of nitrogens with one attached hydrogen (secondary N) is 1. The molecule has 0 saturated carbocycles. The second-order valence-electron chi connectivity index (χ2n) is 7.26. The van der Waals surface area contributed by atoms with Gasteiger partial charge in [-0.2, -0.15) is 0 Å².